The molecule has 0 aromatic carbocycles. The average Bonchev–Trinajstić information content (AvgIpc) is 2.98. The van der Waals surface area contributed by atoms with E-state index in [-0.39, 0.29) is 0 Å². The lowest BCUT2D eigenvalue weighted by Crippen LogP contribution is -1.81. The zero-order valence-electron chi connectivity index (χ0n) is 12.6. The predicted octanol–water partition coefficient (Wildman–Crippen LogP) is 5.21. The van der Waals surface area contributed by atoms with Crippen molar-refractivity contribution in [1.82, 2.24) is 10.1 Å². The van der Waals surface area contributed by atoms with E-state index in [9.17, 15) is 0 Å². The largest absolute Gasteiger partial charge is 0.363 e. The molecule has 0 atom stereocenters. The fraction of sp³-hybridized carbons (Fsp3) is 0.375. The summed E-state index contributed by atoms with van der Waals surface area (Å²) in [6, 6.07) is 3.85. The lowest BCUT2D eigenvalue weighted by atomic mass is 10.1. The number of nitrogens with zero attached hydrogens (tertiary/aromatic N) is 2. The molecule has 0 saturated heterocycles. The van der Waals surface area contributed by atoms with Gasteiger partial charge in [-0.25, -0.2) is 0 Å². The quantitative estimate of drug-likeness (QED) is 0.760. The van der Waals surface area contributed by atoms with Crippen LogP contribution in [0.25, 0.3) is 17.3 Å². The van der Waals surface area contributed by atoms with Crippen LogP contribution in [0.5, 0.6) is 0 Å². The molecule has 2 aromatic heterocycles. The van der Waals surface area contributed by atoms with Gasteiger partial charge in [0.2, 0.25) is 0 Å². The topological polar surface area (TPSA) is 38.9 Å². The van der Waals surface area contributed by atoms with Gasteiger partial charge >= 0.3 is 0 Å². The Labute approximate surface area is 116 Å². The van der Waals surface area contributed by atoms with E-state index in [1.54, 1.807) is 18.7 Å². The van der Waals surface area contributed by atoms with Crippen LogP contribution in [0, 0.1) is 0 Å². The summed E-state index contributed by atoms with van der Waals surface area (Å²) in [5.74, 6) is 0. The molecule has 0 aliphatic heterocycles. The Morgan fingerprint density at radius 1 is 1.21 bits per heavy atom. The van der Waals surface area contributed by atoms with E-state index in [2.05, 4.69) is 23.1 Å². The fourth-order valence-electron chi connectivity index (χ4n) is 1.33. The van der Waals surface area contributed by atoms with Gasteiger partial charge in [0.05, 0.1) is 0 Å². The molecule has 0 spiro atoms. The molecule has 3 nitrogen and oxygen atoms in total. The van der Waals surface area contributed by atoms with Crippen LogP contribution in [-0.2, 0) is 0 Å². The second-order valence-electron chi connectivity index (χ2n) is 3.17. The number of hydrogen-bond donors (Lipinski definition) is 0. The standard InChI is InChI=1S/C12H12N2O.2C2H6/c1-2-3-5-11-9-15-14-12(11)10-6-4-7-13-8-10;2*1-2/h3-9H,2H2,1H3;2*1-2H3/b5-3+;;. The van der Waals surface area contributed by atoms with Crippen molar-refractivity contribution in [3.8, 4) is 11.3 Å². The summed E-state index contributed by atoms with van der Waals surface area (Å²) in [5.41, 5.74) is 2.81. The molecule has 0 radical (unpaired) electrons. The number of rotatable bonds is 3. The van der Waals surface area contributed by atoms with Crippen molar-refractivity contribution in [3.63, 3.8) is 0 Å². The minimum atomic E-state index is 0.841. The molecular formula is C16H24N2O. The SMILES string of the molecule is CC.CC.CC/C=C/c1conc1-c1cccnc1. The summed E-state index contributed by atoms with van der Waals surface area (Å²) in [6.07, 6.45) is 10.3. The summed E-state index contributed by atoms with van der Waals surface area (Å²) < 4.78 is 4.97. The van der Waals surface area contributed by atoms with E-state index in [4.69, 9.17) is 4.52 Å². The zero-order valence-corrected chi connectivity index (χ0v) is 12.6. The molecule has 0 aliphatic carbocycles. The number of aromatic nitrogens is 2. The maximum Gasteiger partial charge on any atom is 0.131 e. The van der Waals surface area contributed by atoms with Gasteiger partial charge in [-0.3, -0.25) is 4.98 Å². The highest BCUT2D eigenvalue weighted by molar-refractivity contribution is 5.70. The molecular weight excluding hydrogens is 236 g/mol. The summed E-state index contributed by atoms with van der Waals surface area (Å²) in [4.78, 5) is 4.06. The predicted molar refractivity (Wildman–Crippen MR) is 81.8 cm³/mol. The van der Waals surface area contributed by atoms with Crippen LogP contribution >= 0.6 is 0 Å². The molecule has 0 amide bonds. The average molecular weight is 260 g/mol. The second-order valence-corrected chi connectivity index (χ2v) is 3.17. The highest BCUT2D eigenvalue weighted by Crippen LogP contribution is 2.21. The molecule has 104 valence electrons. The molecule has 3 heteroatoms. The third kappa shape index (κ3) is 5.51. The van der Waals surface area contributed by atoms with E-state index >= 15 is 0 Å². The van der Waals surface area contributed by atoms with Crippen molar-refractivity contribution in [2.75, 3.05) is 0 Å². The van der Waals surface area contributed by atoms with Crippen LogP contribution in [0.4, 0.5) is 0 Å². The van der Waals surface area contributed by atoms with Gasteiger partial charge in [0.25, 0.3) is 0 Å². The summed E-state index contributed by atoms with van der Waals surface area (Å²) in [5, 5.41) is 3.97. The molecule has 0 bridgehead atoms. The molecule has 0 aliphatic rings. The molecule has 0 saturated carbocycles. The van der Waals surface area contributed by atoms with E-state index < -0.39 is 0 Å². The molecule has 0 unspecified atom stereocenters. The minimum absolute atomic E-state index is 0.841. The highest BCUT2D eigenvalue weighted by atomic mass is 16.5. The Hall–Kier alpha value is -1.90. The van der Waals surface area contributed by atoms with Crippen LogP contribution in [0.15, 0.2) is 41.4 Å². The highest BCUT2D eigenvalue weighted by Gasteiger charge is 2.06. The van der Waals surface area contributed by atoms with Crippen LogP contribution in [0.3, 0.4) is 0 Å². The molecule has 0 N–H and O–H groups in total. The number of allylic oxidation sites excluding steroid dienone is 1. The second kappa shape index (κ2) is 11.2. The van der Waals surface area contributed by atoms with Crippen LogP contribution < -0.4 is 0 Å². The van der Waals surface area contributed by atoms with Gasteiger partial charge in [0, 0.05) is 23.5 Å². The van der Waals surface area contributed by atoms with E-state index in [0.29, 0.717) is 0 Å². The van der Waals surface area contributed by atoms with Crippen molar-refractivity contribution in [2.45, 2.75) is 41.0 Å². The molecule has 0 fully saturated rings. The Morgan fingerprint density at radius 2 is 1.95 bits per heavy atom. The third-order valence-corrected chi connectivity index (χ3v) is 2.07. The monoisotopic (exact) mass is 260 g/mol. The van der Waals surface area contributed by atoms with Crippen LogP contribution in [-0.4, -0.2) is 10.1 Å². The van der Waals surface area contributed by atoms with Gasteiger partial charge in [-0.15, -0.1) is 0 Å². The van der Waals surface area contributed by atoms with Gasteiger partial charge in [0.15, 0.2) is 0 Å². The number of hydrogen-bond acceptors (Lipinski definition) is 3. The molecule has 19 heavy (non-hydrogen) atoms. The first kappa shape index (κ1) is 17.1. The smallest absolute Gasteiger partial charge is 0.131 e. The Kier molecular flexibility index (Phi) is 10.1. The third-order valence-electron chi connectivity index (χ3n) is 2.07. The number of pyridine rings is 1. The molecule has 2 heterocycles. The van der Waals surface area contributed by atoms with E-state index in [0.717, 1.165) is 23.2 Å². The summed E-state index contributed by atoms with van der Waals surface area (Å²) in [7, 11) is 0. The molecule has 2 aromatic rings. The lowest BCUT2D eigenvalue weighted by Gasteiger charge is -1.95. The van der Waals surface area contributed by atoms with Crippen LogP contribution in [0.1, 0.15) is 46.6 Å². The Bertz CT molecular complexity index is 447. The normalized spacial score (nSPS) is 9.32. The summed E-state index contributed by atoms with van der Waals surface area (Å²) >= 11 is 0. The Balaban J connectivity index is 0.000000741. The van der Waals surface area contributed by atoms with E-state index in [1.807, 2.05) is 45.9 Å². The first-order valence-corrected chi connectivity index (χ1v) is 6.93. The van der Waals surface area contributed by atoms with Crippen molar-refractivity contribution >= 4 is 6.08 Å². The van der Waals surface area contributed by atoms with Gasteiger partial charge in [-0.05, 0) is 18.6 Å². The van der Waals surface area contributed by atoms with Crippen molar-refractivity contribution in [3.05, 3.63) is 42.4 Å². The summed E-state index contributed by atoms with van der Waals surface area (Å²) in [6.45, 7) is 10.1. The fourth-order valence-corrected chi connectivity index (χ4v) is 1.33. The van der Waals surface area contributed by atoms with E-state index in [1.165, 1.54) is 0 Å². The van der Waals surface area contributed by atoms with Crippen molar-refractivity contribution in [2.24, 2.45) is 0 Å². The van der Waals surface area contributed by atoms with Gasteiger partial charge in [-0.1, -0.05) is 51.9 Å². The van der Waals surface area contributed by atoms with Gasteiger partial charge in [0.1, 0.15) is 12.0 Å². The van der Waals surface area contributed by atoms with Crippen LogP contribution in [0.2, 0.25) is 0 Å². The lowest BCUT2D eigenvalue weighted by molar-refractivity contribution is 0.422. The van der Waals surface area contributed by atoms with Crippen molar-refractivity contribution < 1.29 is 4.52 Å². The van der Waals surface area contributed by atoms with Gasteiger partial charge < -0.3 is 4.52 Å². The first-order valence-electron chi connectivity index (χ1n) is 6.93. The van der Waals surface area contributed by atoms with Gasteiger partial charge in [-0.2, -0.15) is 0 Å². The first-order chi connectivity index (χ1) is 9.42. The Morgan fingerprint density at radius 3 is 2.53 bits per heavy atom. The molecule has 2 rings (SSSR count). The minimum Gasteiger partial charge on any atom is -0.363 e. The maximum absolute atomic E-state index is 4.97. The zero-order chi connectivity index (χ0) is 14.5. The maximum atomic E-state index is 4.97. The van der Waals surface area contributed by atoms with Crippen molar-refractivity contribution in [1.29, 1.82) is 0 Å².